The van der Waals surface area contributed by atoms with E-state index < -0.39 is 33.3 Å². The Kier molecular flexibility index (Phi) is 10.6. The van der Waals surface area contributed by atoms with Crippen molar-refractivity contribution in [2.24, 2.45) is 0 Å². The summed E-state index contributed by atoms with van der Waals surface area (Å²) in [4.78, 5) is 10.1. The van der Waals surface area contributed by atoms with E-state index in [9.17, 15) is 34.8 Å². The Morgan fingerprint density at radius 3 is 1.98 bits per heavy atom. The Balaban J connectivity index is 1.81. The van der Waals surface area contributed by atoms with Gasteiger partial charge in [0.1, 0.15) is 6.61 Å². The first kappa shape index (κ1) is 35.7. The Bertz CT molecular complexity index is 1790. The van der Waals surface area contributed by atoms with Gasteiger partial charge in [-0.05, 0) is 71.3 Å². The van der Waals surface area contributed by atoms with Crippen LogP contribution in [0.1, 0.15) is 58.7 Å². The zero-order chi connectivity index (χ0) is 34.7. The minimum Gasteiger partial charge on any atom is -0.489 e. The Morgan fingerprint density at radius 2 is 1.43 bits per heavy atom. The highest BCUT2D eigenvalue weighted by Crippen LogP contribution is 2.37. The normalized spacial score (nSPS) is 12.4. The molecule has 0 radical (unpaired) electrons. The number of ether oxygens (including phenoxy) is 1. The van der Waals surface area contributed by atoms with Crippen LogP contribution in [0.25, 0.3) is 11.1 Å². The van der Waals surface area contributed by atoms with E-state index in [4.69, 9.17) is 4.74 Å². The lowest BCUT2D eigenvalue weighted by molar-refractivity contribution is -0.143. The number of aryl methyl sites for hydroxylation is 2. The maximum Gasteiger partial charge on any atom is 0.416 e. The Labute approximate surface area is 270 Å². The fraction of sp³-hybridized carbons (Fsp3) is 0.353. The Morgan fingerprint density at radius 1 is 0.809 bits per heavy atom. The van der Waals surface area contributed by atoms with Crippen LogP contribution in [-0.2, 0) is 35.3 Å². The molecule has 0 aliphatic rings. The SMILES string of the molecule is Cc1ccc(-c2cc(C(C)C)ccc2C)c(CN(Cc2cc(C(F)(F)F)cc(C(F)(F)F)c2)c2ncc(OCCS(C)(=O)=O)cn2)c1. The second-order valence-electron chi connectivity index (χ2n) is 11.9. The molecule has 6 nitrogen and oxygen atoms in total. The second-order valence-corrected chi connectivity index (χ2v) is 14.1. The maximum atomic E-state index is 13.7. The molecule has 0 amide bonds. The summed E-state index contributed by atoms with van der Waals surface area (Å²) in [6, 6.07) is 13.4. The largest absolute Gasteiger partial charge is 0.489 e. The van der Waals surface area contributed by atoms with E-state index in [1.807, 2.05) is 44.2 Å². The molecule has 0 saturated carbocycles. The van der Waals surface area contributed by atoms with Crippen molar-refractivity contribution >= 4 is 15.8 Å². The monoisotopic (exact) mass is 679 g/mol. The highest BCUT2D eigenvalue weighted by Gasteiger charge is 2.37. The molecule has 0 aliphatic heterocycles. The van der Waals surface area contributed by atoms with Gasteiger partial charge < -0.3 is 9.64 Å². The van der Waals surface area contributed by atoms with E-state index in [0.29, 0.717) is 12.1 Å². The fourth-order valence-corrected chi connectivity index (χ4v) is 5.38. The molecule has 0 spiro atoms. The van der Waals surface area contributed by atoms with Crippen molar-refractivity contribution in [1.82, 2.24) is 9.97 Å². The molecule has 0 fully saturated rings. The molecule has 1 heterocycles. The first-order chi connectivity index (χ1) is 21.8. The zero-order valence-corrected chi connectivity index (χ0v) is 27.3. The number of benzene rings is 3. The van der Waals surface area contributed by atoms with Gasteiger partial charge >= 0.3 is 12.4 Å². The minimum atomic E-state index is -5.01. The summed E-state index contributed by atoms with van der Waals surface area (Å²) in [7, 11) is -3.29. The third kappa shape index (κ3) is 9.69. The third-order valence-electron chi connectivity index (χ3n) is 7.48. The van der Waals surface area contributed by atoms with Crippen LogP contribution in [0.15, 0.2) is 67.0 Å². The van der Waals surface area contributed by atoms with E-state index in [1.165, 1.54) is 17.3 Å². The molecule has 0 bridgehead atoms. The van der Waals surface area contributed by atoms with E-state index >= 15 is 0 Å². The summed E-state index contributed by atoms with van der Waals surface area (Å²) in [6.45, 7) is 7.49. The lowest BCUT2D eigenvalue weighted by Crippen LogP contribution is -2.25. The lowest BCUT2D eigenvalue weighted by atomic mass is 9.90. The molecule has 0 aliphatic carbocycles. The van der Waals surface area contributed by atoms with Crippen LogP contribution in [0.4, 0.5) is 32.3 Å². The van der Waals surface area contributed by atoms with Crippen molar-refractivity contribution in [3.63, 3.8) is 0 Å². The number of alkyl halides is 6. The van der Waals surface area contributed by atoms with Gasteiger partial charge in [0.15, 0.2) is 15.6 Å². The number of halogens is 6. The molecule has 4 aromatic rings. The smallest absolute Gasteiger partial charge is 0.416 e. The number of rotatable bonds is 11. The number of anilines is 1. The molecule has 0 saturated heterocycles. The molecule has 0 N–H and O–H groups in total. The van der Waals surface area contributed by atoms with Gasteiger partial charge in [-0.2, -0.15) is 26.3 Å². The summed E-state index contributed by atoms with van der Waals surface area (Å²) in [5.41, 5.74) is 2.46. The standard InChI is InChI=1S/C34H35F6N3O3S/c1-21(2)25-8-7-23(4)31(15-25)30-9-6-22(3)12-26(30)20-43(32-41-17-29(18-42-32)46-10-11-47(5,44)45)19-24-13-27(33(35,36)37)16-28(14-24)34(38,39)40/h6-9,12-18,21H,10-11,19-20H2,1-5H3. The average Bonchev–Trinajstić information content (AvgIpc) is 2.96. The molecular weight excluding hydrogens is 644 g/mol. The van der Waals surface area contributed by atoms with Crippen molar-refractivity contribution in [3.05, 3.63) is 106 Å². The predicted molar refractivity (Wildman–Crippen MR) is 169 cm³/mol. The first-order valence-corrected chi connectivity index (χ1v) is 16.7. The van der Waals surface area contributed by atoms with E-state index in [-0.39, 0.29) is 54.7 Å². The minimum absolute atomic E-state index is 0.0199. The molecule has 4 rings (SSSR count). The van der Waals surface area contributed by atoms with Crippen molar-refractivity contribution in [1.29, 1.82) is 0 Å². The van der Waals surface area contributed by atoms with Crippen LogP contribution in [-0.4, -0.2) is 37.0 Å². The second kappa shape index (κ2) is 13.9. The molecular formula is C34H35F6N3O3S. The lowest BCUT2D eigenvalue weighted by Gasteiger charge is -2.26. The summed E-state index contributed by atoms with van der Waals surface area (Å²) >= 11 is 0. The summed E-state index contributed by atoms with van der Waals surface area (Å²) in [5, 5.41) is 0. The zero-order valence-electron chi connectivity index (χ0n) is 26.5. The van der Waals surface area contributed by atoms with Gasteiger partial charge in [0.2, 0.25) is 5.95 Å². The highest BCUT2D eigenvalue weighted by atomic mass is 32.2. The summed E-state index contributed by atoms with van der Waals surface area (Å²) in [6.07, 6.45) is -6.40. The maximum absolute atomic E-state index is 13.7. The van der Waals surface area contributed by atoms with Crippen LogP contribution in [0, 0.1) is 13.8 Å². The predicted octanol–water partition coefficient (Wildman–Crippen LogP) is 8.55. The van der Waals surface area contributed by atoms with Crippen molar-refractivity contribution < 1.29 is 39.5 Å². The quantitative estimate of drug-likeness (QED) is 0.148. The number of sulfone groups is 1. The molecule has 1 aromatic heterocycles. The molecule has 13 heteroatoms. The van der Waals surface area contributed by atoms with Crippen LogP contribution >= 0.6 is 0 Å². The average molecular weight is 680 g/mol. The van der Waals surface area contributed by atoms with Crippen LogP contribution in [0.3, 0.4) is 0 Å². The van der Waals surface area contributed by atoms with Gasteiger partial charge in [0, 0.05) is 19.3 Å². The topological polar surface area (TPSA) is 72.4 Å². The first-order valence-electron chi connectivity index (χ1n) is 14.7. The number of hydrogen-bond acceptors (Lipinski definition) is 6. The highest BCUT2D eigenvalue weighted by molar-refractivity contribution is 7.90. The number of nitrogens with zero attached hydrogens (tertiary/aromatic N) is 3. The summed E-state index contributed by atoms with van der Waals surface area (Å²) < 4.78 is 111. The van der Waals surface area contributed by atoms with Gasteiger partial charge in [-0.25, -0.2) is 18.4 Å². The van der Waals surface area contributed by atoms with Crippen molar-refractivity contribution in [2.75, 3.05) is 23.5 Å². The van der Waals surface area contributed by atoms with Gasteiger partial charge in [-0.3, -0.25) is 0 Å². The van der Waals surface area contributed by atoms with E-state index in [0.717, 1.165) is 39.6 Å². The fourth-order valence-electron chi connectivity index (χ4n) is 5.00. The number of aromatic nitrogens is 2. The molecule has 47 heavy (non-hydrogen) atoms. The van der Waals surface area contributed by atoms with Gasteiger partial charge in [-0.15, -0.1) is 0 Å². The molecule has 0 unspecified atom stereocenters. The van der Waals surface area contributed by atoms with E-state index in [2.05, 4.69) is 29.9 Å². The van der Waals surface area contributed by atoms with Crippen LogP contribution in [0.2, 0.25) is 0 Å². The van der Waals surface area contributed by atoms with Gasteiger partial charge in [-0.1, -0.05) is 55.8 Å². The van der Waals surface area contributed by atoms with Crippen molar-refractivity contribution in [2.45, 2.75) is 59.1 Å². The Hall–Kier alpha value is -4.13. The number of hydrogen-bond donors (Lipinski definition) is 0. The molecule has 252 valence electrons. The third-order valence-corrected chi connectivity index (χ3v) is 8.39. The van der Waals surface area contributed by atoms with Crippen LogP contribution in [0.5, 0.6) is 5.75 Å². The van der Waals surface area contributed by atoms with E-state index in [1.54, 1.807) is 0 Å². The summed E-state index contributed by atoms with van der Waals surface area (Å²) in [5.74, 6) is 0.167. The van der Waals surface area contributed by atoms with Crippen LogP contribution < -0.4 is 9.64 Å². The van der Waals surface area contributed by atoms with Gasteiger partial charge in [0.25, 0.3) is 0 Å². The molecule has 0 atom stereocenters. The molecule has 3 aromatic carbocycles. The van der Waals surface area contributed by atoms with Gasteiger partial charge in [0.05, 0.1) is 29.3 Å². The van der Waals surface area contributed by atoms with Crippen molar-refractivity contribution in [3.8, 4) is 16.9 Å².